The molecule has 136 valence electrons. The smallest absolute Gasteiger partial charge is 0.260 e. The number of fused-ring (bicyclic) bond motifs is 2. The number of carbonyl (C=O) groups is 1. The van der Waals surface area contributed by atoms with E-state index in [9.17, 15) is 9.18 Å². The first-order valence-corrected chi connectivity index (χ1v) is 9.05. The molecule has 1 aromatic heterocycles. The highest BCUT2D eigenvalue weighted by atomic mass is 19.1. The van der Waals surface area contributed by atoms with E-state index >= 15 is 0 Å². The number of nitrogens with zero attached hydrogens (tertiary/aromatic N) is 3. The Kier molecular flexibility index (Phi) is 4.34. The van der Waals surface area contributed by atoms with Crippen molar-refractivity contribution in [1.82, 2.24) is 14.9 Å². The second kappa shape index (κ2) is 6.67. The van der Waals surface area contributed by atoms with E-state index in [0.29, 0.717) is 12.3 Å². The van der Waals surface area contributed by atoms with E-state index in [0.717, 1.165) is 43.7 Å². The third-order valence-corrected chi connectivity index (χ3v) is 5.47. The first-order valence-electron chi connectivity index (χ1n) is 9.05. The van der Waals surface area contributed by atoms with E-state index in [2.05, 4.69) is 4.98 Å². The zero-order valence-corrected chi connectivity index (χ0v) is 14.9. The van der Waals surface area contributed by atoms with Crippen LogP contribution in [0.1, 0.15) is 36.3 Å². The summed E-state index contributed by atoms with van der Waals surface area (Å²) in [7, 11) is 0. The fourth-order valence-corrected chi connectivity index (χ4v) is 4.14. The number of rotatable bonds is 3. The van der Waals surface area contributed by atoms with Gasteiger partial charge in [-0.25, -0.2) is 14.4 Å². The van der Waals surface area contributed by atoms with E-state index in [1.807, 2.05) is 18.0 Å². The Morgan fingerprint density at radius 2 is 2.12 bits per heavy atom. The number of carbonyl (C=O) groups excluding carboxylic acids is 1. The molecule has 1 amide bonds. The average Bonchev–Trinajstić information content (AvgIpc) is 2.98. The number of halogens is 1. The van der Waals surface area contributed by atoms with Crippen LogP contribution in [0.5, 0.6) is 5.75 Å². The summed E-state index contributed by atoms with van der Waals surface area (Å²) in [6.07, 6.45) is 5.95. The second-order valence-electron chi connectivity index (χ2n) is 7.23. The van der Waals surface area contributed by atoms with Crippen LogP contribution >= 0.6 is 0 Å². The lowest BCUT2D eigenvalue weighted by molar-refractivity contribution is -0.135. The lowest BCUT2D eigenvalue weighted by Crippen LogP contribution is -2.49. The summed E-state index contributed by atoms with van der Waals surface area (Å²) in [5.74, 6) is 0.931. The molecule has 1 aromatic carbocycles. The highest BCUT2D eigenvalue weighted by molar-refractivity contribution is 5.78. The van der Waals surface area contributed by atoms with Crippen molar-refractivity contribution in [3.63, 3.8) is 0 Å². The summed E-state index contributed by atoms with van der Waals surface area (Å²) in [4.78, 5) is 23.6. The minimum absolute atomic E-state index is 0.0304. The van der Waals surface area contributed by atoms with Gasteiger partial charge in [0, 0.05) is 24.7 Å². The Labute approximate surface area is 152 Å². The molecule has 1 fully saturated rings. The number of hydrogen-bond donors (Lipinski definition) is 0. The van der Waals surface area contributed by atoms with Gasteiger partial charge in [-0.05, 0) is 62.4 Å². The van der Waals surface area contributed by atoms with Gasteiger partial charge in [0.25, 0.3) is 5.91 Å². The minimum atomic E-state index is -0.321. The van der Waals surface area contributed by atoms with Crippen LogP contribution in [0.3, 0.4) is 0 Å². The van der Waals surface area contributed by atoms with E-state index in [1.165, 1.54) is 29.8 Å². The molecule has 1 aliphatic carbocycles. The first kappa shape index (κ1) is 16.9. The summed E-state index contributed by atoms with van der Waals surface area (Å²) in [6.45, 7) is 3.31. The van der Waals surface area contributed by atoms with Crippen LogP contribution in [0.25, 0.3) is 0 Å². The second-order valence-corrected chi connectivity index (χ2v) is 7.23. The third kappa shape index (κ3) is 3.16. The van der Waals surface area contributed by atoms with Gasteiger partial charge in [0.2, 0.25) is 0 Å². The molecule has 0 radical (unpaired) electrons. The highest BCUT2D eigenvalue weighted by Gasteiger charge is 2.44. The standard InChI is InChI=1S/C20H22FN3O2/c1-14-22-11-15-7-9-20(19(15)23-14)8-2-10-24(13-20)18(25)12-26-17-5-3-16(21)4-6-17/h3-6,11H,2,7-10,12-13H2,1H3. The maximum absolute atomic E-state index is 13.0. The number of benzene rings is 1. The number of aryl methyl sites for hydroxylation is 2. The molecule has 2 aromatic rings. The molecule has 6 heteroatoms. The Morgan fingerprint density at radius 3 is 2.92 bits per heavy atom. The van der Waals surface area contributed by atoms with Gasteiger partial charge in [-0.1, -0.05) is 0 Å². The molecule has 2 aliphatic rings. The van der Waals surface area contributed by atoms with Crippen molar-refractivity contribution in [3.8, 4) is 5.75 Å². The molecule has 1 aliphatic heterocycles. The fraction of sp³-hybridized carbons (Fsp3) is 0.450. The van der Waals surface area contributed by atoms with Gasteiger partial charge in [0.1, 0.15) is 17.4 Å². The van der Waals surface area contributed by atoms with Crippen LogP contribution < -0.4 is 4.74 Å². The van der Waals surface area contributed by atoms with Crippen molar-refractivity contribution in [1.29, 1.82) is 0 Å². The van der Waals surface area contributed by atoms with Gasteiger partial charge in [0.05, 0.1) is 5.69 Å². The molecule has 5 nitrogen and oxygen atoms in total. The molecule has 0 bridgehead atoms. The van der Waals surface area contributed by atoms with Crippen LogP contribution in [0, 0.1) is 12.7 Å². The van der Waals surface area contributed by atoms with E-state index in [4.69, 9.17) is 9.72 Å². The minimum Gasteiger partial charge on any atom is -0.484 e. The lowest BCUT2D eigenvalue weighted by Gasteiger charge is -2.40. The molecule has 2 heterocycles. The molecule has 1 unspecified atom stereocenters. The van der Waals surface area contributed by atoms with Crippen LogP contribution in [0.4, 0.5) is 4.39 Å². The van der Waals surface area contributed by atoms with Crippen molar-refractivity contribution < 1.29 is 13.9 Å². The lowest BCUT2D eigenvalue weighted by atomic mass is 9.77. The molecular weight excluding hydrogens is 333 g/mol. The molecule has 4 rings (SSSR count). The summed E-state index contributed by atoms with van der Waals surface area (Å²) < 4.78 is 18.5. The van der Waals surface area contributed by atoms with E-state index < -0.39 is 0 Å². The Hall–Kier alpha value is -2.50. The predicted octanol–water partition coefficient (Wildman–Crippen LogP) is 2.81. The van der Waals surface area contributed by atoms with Crippen molar-refractivity contribution >= 4 is 5.91 Å². The SMILES string of the molecule is Cc1ncc2c(n1)C1(CCCN(C(=O)COc3ccc(F)cc3)C1)CC2. The Balaban J connectivity index is 1.45. The molecule has 1 spiro atoms. The Bertz CT molecular complexity index is 820. The van der Waals surface area contributed by atoms with Crippen LogP contribution in [-0.4, -0.2) is 40.5 Å². The number of hydrogen-bond acceptors (Lipinski definition) is 4. The van der Waals surface area contributed by atoms with E-state index in [1.54, 1.807) is 0 Å². The summed E-state index contributed by atoms with van der Waals surface area (Å²) in [5.41, 5.74) is 2.29. The van der Waals surface area contributed by atoms with Crippen molar-refractivity contribution in [3.05, 3.63) is 53.4 Å². The predicted molar refractivity (Wildman–Crippen MR) is 94.5 cm³/mol. The van der Waals surface area contributed by atoms with E-state index in [-0.39, 0.29) is 23.7 Å². The fourth-order valence-electron chi connectivity index (χ4n) is 4.14. The zero-order valence-electron chi connectivity index (χ0n) is 14.9. The summed E-state index contributed by atoms with van der Waals surface area (Å²) in [5, 5.41) is 0. The number of piperidine rings is 1. The van der Waals surface area contributed by atoms with Crippen molar-refractivity contribution in [2.24, 2.45) is 0 Å². The Morgan fingerprint density at radius 1 is 1.31 bits per heavy atom. The first-order chi connectivity index (χ1) is 12.6. The monoisotopic (exact) mass is 355 g/mol. The van der Waals surface area contributed by atoms with Crippen molar-refractivity contribution in [2.75, 3.05) is 19.7 Å². The number of ether oxygens (including phenoxy) is 1. The van der Waals surface area contributed by atoms with Crippen LogP contribution in [0.15, 0.2) is 30.5 Å². The topological polar surface area (TPSA) is 55.3 Å². The normalized spacial score (nSPS) is 21.7. The van der Waals surface area contributed by atoms with Crippen molar-refractivity contribution in [2.45, 2.75) is 38.0 Å². The zero-order chi connectivity index (χ0) is 18.1. The van der Waals surface area contributed by atoms with Gasteiger partial charge >= 0.3 is 0 Å². The van der Waals surface area contributed by atoms with Crippen LogP contribution in [-0.2, 0) is 16.6 Å². The van der Waals surface area contributed by atoms with Gasteiger partial charge in [-0.3, -0.25) is 4.79 Å². The molecule has 26 heavy (non-hydrogen) atoms. The third-order valence-electron chi connectivity index (χ3n) is 5.47. The summed E-state index contributed by atoms with van der Waals surface area (Å²) in [6, 6.07) is 5.72. The van der Waals surface area contributed by atoms with Crippen LogP contribution in [0.2, 0.25) is 0 Å². The summed E-state index contributed by atoms with van der Waals surface area (Å²) >= 11 is 0. The quantitative estimate of drug-likeness (QED) is 0.850. The molecule has 1 atom stereocenters. The maximum atomic E-state index is 13.0. The number of likely N-dealkylation sites (tertiary alicyclic amines) is 1. The molecule has 0 N–H and O–H groups in total. The molecule has 1 saturated heterocycles. The van der Waals surface area contributed by atoms with Gasteiger partial charge in [-0.2, -0.15) is 0 Å². The number of amides is 1. The highest BCUT2D eigenvalue weighted by Crippen LogP contribution is 2.43. The molecular formula is C20H22FN3O2. The average molecular weight is 355 g/mol. The molecule has 0 saturated carbocycles. The van der Waals surface area contributed by atoms with Gasteiger partial charge in [-0.15, -0.1) is 0 Å². The van der Waals surface area contributed by atoms with Gasteiger partial charge in [0.15, 0.2) is 6.61 Å². The largest absolute Gasteiger partial charge is 0.484 e. The van der Waals surface area contributed by atoms with Gasteiger partial charge < -0.3 is 9.64 Å². The number of aromatic nitrogens is 2. The maximum Gasteiger partial charge on any atom is 0.260 e.